The highest BCUT2D eigenvalue weighted by molar-refractivity contribution is 5.80. The molecule has 142 valence electrons. The van der Waals surface area contributed by atoms with Crippen molar-refractivity contribution in [3.63, 3.8) is 0 Å². The lowest BCUT2D eigenvalue weighted by atomic mass is 9.51. The van der Waals surface area contributed by atoms with Gasteiger partial charge in [-0.2, -0.15) is 0 Å². The van der Waals surface area contributed by atoms with Gasteiger partial charge in [0.2, 0.25) is 5.91 Å². The zero-order valence-corrected chi connectivity index (χ0v) is 16.5. The van der Waals surface area contributed by atoms with Crippen molar-refractivity contribution in [3.05, 3.63) is 35.4 Å². The van der Waals surface area contributed by atoms with E-state index in [9.17, 15) is 9.90 Å². The van der Waals surface area contributed by atoms with Crippen LogP contribution < -0.4 is 0 Å². The summed E-state index contributed by atoms with van der Waals surface area (Å²) in [5, 5.41) is 9.54. The molecule has 2 fully saturated rings. The second-order valence-corrected chi connectivity index (χ2v) is 9.62. The topological polar surface area (TPSA) is 40.5 Å². The highest BCUT2D eigenvalue weighted by atomic mass is 16.3. The van der Waals surface area contributed by atoms with E-state index in [0.717, 1.165) is 45.1 Å². The van der Waals surface area contributed by atoms with E-state index < -0.39 is 0 Å². The molecule has 4 rings (SSSR count). The summed E-state index contributed by atoms with van der Waals surface area (Å²) < 4.78 is 0. The second kappa shape index (κ2) is 6.37. The van der Waals surface area contributed by atoms with Gasteiger partial charge in [-0.25, -0.2) is 0 Å². The first kappa shape index (κ1) is 18.0. The van der Waals surface area contributed by atoms with E-state index in [2.05, 4.69) is 49.9 Å². The van der Waals surface area contributed by atoms with E-state index >= 15 is 0 Å². The molecule has 4 atom stereocenters. The van der Waals surface area contributed by atoms with Gasteiger partial charge in [0.05, 0.1) is 0 Å². The standard InChI is InChI=1S/C23H33NO2/c1-22(2)20-14-17-8-4-5-10-19(17)23(22,3)11-12-24(20)21(26)18-9-6-7-16(13-18)15-25/h4-5,8,10,16,18,20,25H,6-7,9,11-15H2,1-3H3/t16-,18+,20+,23-/m0/s1. The normalized spacial score (nSPS) is 35.7. The average molecular weight is 356 g/mol. The fourth-order valence-electron chi connectivity index (χ4n) is 6.05. The Hall–Kier alpha value is -1.35. The van der Waals surface area contributed by atoms with Crippen molar-refractivity contribution < 1.29 is 9.90 Å². The van der Waals surface area contributed by atoms with Gasteiger partial charge in [-0.1, -0.05) is 51.5 Å². The molecule has 3 heteroatoms. The summed E-state index contributed by atoms with van der Waals surface area (Å²) >= 11 is 0. The first-order valence-corrected chi connectivity index (χ1v) is 10.4. The number of hydrogen-bond acceptors (Lipinski definition) is 2. The number of carbonyl (C=O) groups excluding carboxylic acids is 1. The molecule has 1 aromatic rings. The van der Waals surface area contributed by atoms with Crippen LogP contribution in [0.3, 0.4) is 0 Å². The third-order valence-electron chi connectivity index (χ3n) is 8.18. The minimum atomic E-state index is 0.0698. The zero-order valence-electron chi connectivity index (χ0n) is 16.5. The first-order valence-electron chi connectivity index (χ1n) is 10.4. The SMILES string of the molecule is CC1(C)[C@H]2Cc3ccccc3[C@]1(C)CCN2C(=O)[C@@H]1CCC[C@H](CO)C1. The molecule has 2 bridgehead atoms. The Morgan fingerprint density at radius 3 is 2.77 bits per heavy atom. The van der Waals surface area contributed by atoms with E-state index in [1.165, 1.54) is 11.1 Å². The van der Waals surface area contributed by atoms with Crippen LogP contribution in [0.4, 0.5) is 0 Å². The van der Waals surface area contributed by atoms with Crippen molar-refractivity contribution in [3.8, 4) is 0 Å². The molecule has 1 saturated carbocycles. The number of fused-ring (bicyclic) bond motifs is 4. The number of nitrogens with zero attached hydrogens (tertiary/aromatic N) is 1. The Morgan fingerprint density at radius 2 is 2.00 bits per heavy atom. The molecule has 0 spiro atoms. The highest BCUT2D eigenvalue weighted by Crippen LogP contribution is 2.56. The molecule has 0 unspecified atom stereocenters. The van der Waals surface area contributed by atoms with Crippen LogP contribution in [0.1, 0.15) is 64.0 Å². The van der Waals surface area contributed by atoms with Crippen molar-refractivity contribution in [1.29, 1.82) is 0 Å². The molecule has 3 nitrogen and oxygen atoms in total. The fourth-order valence-corrected chi connectivity index (χ4v) is 6.05. The molecule has 1 saturated heterocycles. The lowest BCUT2D eigenvalue weighted by Gasteiger charge is -2.61. The summed E-state index contributed by atoms with van der Waals surface area (Å²) in [4.78, 5) is 15.7. The number of amides is 1. The van der Waals surface area contributed by atoms with Gasteiger partial charge in [-0.3, -0.25) is 4.79 Å². The lowest BCUT2D eigenvalue weighted by molar-refractivity contribution is -0.150. The van der Waals surface area contributed by atoms with Crippen LogP contribution in [0.2, 0.25) is 0 Å². The summed E-state index contributed by atoms with van der Waals surface area (Å²) in [5.41, 5.74) is 3.11. The van der Waals surface area contributed by atoms with Crippen LogP contribution in [0.5, 0.6) is 0 Å². The van der Waals surface area contributed by atoms with Crippen molar-refractivity contribution in [1.82, 2.24) is 4.90 Å². The van der Waals surface area contributed by atoms with Crippen LogP contribution in [0.25, 0.3) is 0 Å². The van der Waals surface area contributed by atoms with Gasteiger partial charge in [0.25, 0.3) is 0 Å². The van der Waals surface area contributed by atoms with E-state index in [4.69, 9.17) is 0 Å². The maximum Gasteiger partial charge on any atom is 0.225 e. The van der Waals surface area contributed by atoms with E-state index in [0.29, 0.717) is 11.8 Å². The number of aliphatic hydroxyl groups is 1. The van der Waals surface area contributed by atoms with Crippen molar-refractivity contribution >= 4 is 5.91 Å². The Balaban J connectivity index is 1.64. The molecule has 0 aromatic heterocycles. The van der Waals surface area contributed by atoms with Gasteiger partial charge in [0.15, 0.2) is 0 Å². The number of piperidine rings is 1. The summed E-state index contributed by atoms with van der Waals surface area (Å²) in [6, 6.07) is 9.13. The van der Waals surface area contributed by atoms with Gasteiger partial charge >= 0.3 is 0 Å². The predicted molar refractivity (Wildman–Crippen MR) is 104 cm³/mol. The van der Waals surface area contributed by atoms with Crippen molar-refractivity contribution in [2.24, 2.45) is 17.3 Å². The van der Waals surface area contributed by atoms with E-state index in [1.54, 1.807) is 0 Å². The molecule has 1 heterocycles. The maximum absolute atomic E-state index is 13.5. The number of rotatable bonds is 2. The van der Waals surface area contributed by atoms with Crippen LogP contribution in [0, 0.1) is 17.3 Å². The molecule has 26 heavy (non-hydrogen) atoms. The largest absolute Gasteiger partial charge is 0.396 e. The van der Waals surface area contributed by atoms with Gasteiger partial charge < -0.3 is 10.0 Å². The Labute approximate surface area is 157 Å². The third kappa shape index (κ3) is 2.54. The summed E-state index contributed by atoms with van der Waals surface area (Å²) in [6.45, 7) is 8.24. The number of hydrogen-bond donors (Lipinski definition) is 1. The van der Waals surface area contributed by atoms with E-state index in [-0.39, 0.29) is 29.4 Å². The molecular weight excluding hydrogens is 322 g/mol. The molecular formula is C23H33NO2. The molecule has 3 aliphatic rings. The van der Waals surface area contributed by atoms with Crippen LogP contribution in [-0.2, 0) is 16.6 Å². The fraction of sp³-hybridized carbons (Fsp3) is 0.696. The molecule has 1 amide bonds. The minimum absolute atomic E-state index is 0.0698. The van der Waals surface area contributed by atoms with Crippen LogP contribution in [-0.4, -0.2) is 35.1 Å². The highest BCUT2D eigenvalue weighted by Gasteiger charge is 2.57. The second-order valence-electron chi connectivity index (χ2n) is 9.62. The van der Waals surface area contributed by atoms with E-state index in [1.807, 2.05) is 0 Å². The van der Waals surface area contributed by atoms with Crippen molar-refractivity contribution in [2.75, 3.05) is 13.2 Å². The first-order chi connectivity index (χ1) is 12.4. The third-order valence-corrected chi connectivity index (χ3v) is 8.18. The Bertz CT molecular complexity index is 697. The quantitative estimate of drug-likeness (QED) is 0.873. The number of carbonyl (C=O) groups is 1. The molecule has 1 aliphatic heterocycles. The minimum Gasteiger partial charge on any atom is -0.396 e. The van der Waals surface area contributed by atoms with Gasteiger partial charge in [-0.05, 0) is 54.6 Å². The Morgan fingerprint density at radius 1 is 1.23 bits per heavy atom. The summed E-state index contributed by atoms with van der Waals surface area (Å²) in [5.74, 6) is 0.772. The smallest absolute Gasteiger partial charge is 0.225 e. The molecule has 1 N–H and O–H groups in total. The van der Waals surface area contributed by atoms with Gasteiger partial charge in [-0.15, -0.1) is 0 Å². The monoisotopic (exact) mass is 355 g/mol. The van der Waals surface area contributed by atoms with Gasteiger partial charge in [0, 0.05) is 30.5 Å². The van der Waals surface area contributed by atoms with Gasteiger partial charge in [0.1, 0.15) is 0 Å². The average Bonchev–Trinajstić information content (AvgIpc) is 2.64. The van der Waals surface area contributed by atoms with Crippen LogP contribution >= 0.6 is 0 Å². The summed E-state index contributed by atoms with van der Waals surface area (Å²) in [7, 11) is 0. The van der Waals surface area contributed by atoms with Crippen molar-refractivity contribution in [2.45, 2.75) is 70.8 Å². The molecule has 1 aromatic carbocycles. The molecule has 0 radical (unpaired) electrons. The zero-order chi connectivity index (χ0) is 18.5. The maximum atomic E-state index is 13.5. The predicted octanol–water partition coefficient (Wildman–Crippen LogP) is 3.93. The van der Waals surface area contributed by atoms with Crippen LogP contribution in [0.15, 0.2) is 24.3 Å². The number of likely N-dealkylation sites (tertiary alicyclic amines) is 1. The number of benzene rings is 1. The molecule has 2 aliphatic carbocycles. The summed E-state index contributed by atoms with van der Waals surface area (Å²) in [6.07, 6.45) is 6.01. The number of aliphatic hydroxyl groups excluding tert-OH is 1. The Kier molecular flexibility index (Phi) is 4.42. The lowest BCUT2D eigenvalue weighted by Crippen LogP contribution is -2.65.